The maximum atomic E-state index is 12.6. The summed E-state index contributed by atoms with van der Waals surface area (Å²) in [5.41, 5.74) is 3.38. The maximum Gasteiger partial charge on any atom is 0.345 e. The van der Waals surface area contributed by atoms with Crippen molar-refractivity contribution in [3.8, 4) is 11.3 Å². The third kappa shape index (κ3) is 2.55. The quantitative estimate of drug-likeness (QED) is 0.565. The summed E-state index contributed by atoms with van der Waals surface area (Å²) >= 11 is 0. The molecule has 4 heterocycles. The predicted octanol–water partition coefficient (Wildman–Crippen LogP) is 2.52. The summed E-state index contributed by atoms with van der Waals surface area (Å²) in [6, 6.07) is 15.6. The molecule has 0 bridgehead atoms. The first kappa shape index (κ1) is 15.2. The standard InChI is InChI=1S/C20H18N4O2/c25-20-17(18-12-16-3-1-2-8-24(16)22-18)11-14-4-5-15(13-19(14)26-20)23-9-6-21-7-10-23/h1-5,8,11-13,21H,6-7,9-10H2. The van der Waals surface area contributed by atoms with Gasteiger partial charge >= 0.3 is 5.63 Å². The van der Waals surface area contributed by atoms with E-state index in [-0.39, 0.29) is 5.63 Å². The van der Waals surface area contributed by atoms with E-state index >= 15 is 0 Å². The molecule has 4 aromatic rings. The molecular weight excluding hydrogens is 328 g/mol. The summed E-state index contributed by atoms with van der Waals surface area (Å²) in [5.74, 6) is 0. The second-order valence-electron chi connectivity index (χ2n) is 6.51. The van der Waals surface area contributed by atoms with Crippen LogP contribution in [0, 0.1) is 0 Å². The molecule has 1 aromatic carbocycles. The van der Waals surface area contributed by atoms with Crippen molar-refractivity contribution in [1.82, 2.24) is 14.9 Å². The summed E-state index contributed by atoms with van der Waals surface area (Å²) in [6.07, 6.45) is 1.86. The highest BCUT2D eigenvalue weighted by Crippen LogP contribution is 2.25. The Balaban J connectivity index is 1.59. The lowest BCUT2D eigenvalue weighted by molar-refractivity contribution is 0.561. The molecule has 1 aliphatic heterocycles. The van der Waals surface area contributed by atoms with Crippen molar-refractivity contribution in [3.63, 3.8) is 0 Å². The molecule has 130 valence electrons. The SMILES string of the molecule is O=c1oc2cc(N3CCNCC3)ccc2cc1-c1cc2ccccn2n1. The lowest BCUT2D eigenvalue weighted by atomic mass is 10.1. The lowest BCUT2D eigenvalue weighted by Crippen LogP contribution is -2.43. The van der Waals surface area contributed by atoms with Crippen LogP contribution in [0.25, 0.3) is 27.7 Å². The number of fused-ring (bicyclic) bond motifs is 2. The average molecular weight is 346 g/mol. The zero-order valence-electron chi connectivity index (χ0n) is 14.2. The molecule has 0 spiro atoms. The summed E-state index contributed by atoms with van der Waals surface area (Å²) < 4.78 is 7.38. The Labute approximate surface area is 149 Å². The molecule has 6 nitrogen and oxygen atoms in total. The largest absolute Gasteiger partial charge is 0.422 e. The molecule has 0 atom stereocenters. The monoisotopic (exact) mass is 346 g/mol. The van der Waals surface area contributed by atoms with Crippen molar-refractivity contribution in [3.05, 3.63) is 65.1 Å². The van der Waals surface area contributed by atoms with Crippen molar-refractivity contribution >= 4 is 22.2 Å². The minimum atomic E-state index is -0.363. The van der Waals surface area contributed by atoms with Crippen LogP contribution in [0.1, 0.15) is 0 Å². The fourth-order valence-electron chi connectivity index (χ4n) is 3.47. The number of hydrogen-bond acceptors (Lipinski definition) is 5. The van der Waals surface area contributed by atoms with Crippen LogP contribution in [-0.4, -0.2) is 35.8 Å². The van der Waals surface area contributed by atoms with Crippen LogP contribution in [0.2, 0.25) is 0 Å². The molecule has 1 N–H and O–H groups in total. The number of rotatable bonds is 2. The van der Waals surface area contributed by atoms with E-state index in [1.54, 1.807) is 4.52 Å². The molecule has 6 heteroatoms. The number of aromatic nitrogens is 2. The van der Waals surface area contributed by atoms with Gasteiger partial charge in [0.25, 0.3) is 0 Å². The molecule has 1 aliphatic rings. The van der Waals surface area contributed by atoms with E-state index in [1.807, 2.05) is 48.7 Å². The summed E-state index contributed by atoms with van der Waals surface area (Å²) in [6.45, 7) is 3.84. The van der Waals surface area contributed by atoms with Crippen molar-refractivity contribution in [2.24, 2.45) is 0 Å². The summed E-state index contributed by atoms with van der Waals surface area (Å²) in [4.78, 5) is 14.9. The van der Waals surface area contributed by atoms with Gasteiger partial charge in [0.05, 0.1) is 11.1 Å². The lowest BCUT2D eigenvalue weighted by Gasteiger charge is -2.29. The molecule has 0 saturated carbocycles. The van der Waals surface area contributed by atoms with Crippen molar-refractivity contribution < 1.29 is 4.42 Å². The number of piperazine rings is 1. The third-order valence-corrected chi connectivity index (χ3v) is 4.85. The predicted molar refractivity (Wildman–Crippen MR) is 102 cm³/mol. The molecule has 0 amide bonds. The Morgan fingerprint density at radius 2 is 1.92 bits per heavy atom. The van der Waals surface area contributed by atoms with Gasteiger partial charge in [0.2, 0.25) is 0 Å². The van der Waals surface area contributed by atoms with E-state index in [1.165, 1.54) is 0 Å². The number of benzene rings is 1. The van der Waals surface area contributed by atoms with E-state index in [4.69, 9.17) is 4.42 Å². The van der Waals surface area contributed by atoms with E-state index in [2.05, 4.69) is 21.4 Å². The molecular formula is C20H18N4O2. The van der Waals surface area contributed by atoms with Gasteiger partial charge in [-0.1, -0.05) is 6.07 Å². The van der Waals surface area contributed by atoms with Crippen LogP contribution in [0.5, 0.6) is 0 Å². The Hall–Kier alpha value is -3.12. The Kier molecular flexibility index (Phi) is 3.50. The number of nitrogens with one attached hydrogen (secondary N) is 1. The van der Waals surface area contributed by atoms with Crippen LogP contribution in [0.15, 0.2) is 63.9 Å². The summed E-state index contributed by atoms with van der Waals surface area (Å²) in [7, 11) is 0. The normalized spacial score (nSPS) is 15.0. The maximum absolute atomic E-state index is 12.6. The number of nitrogens with zero attached hydrogens (tertiary/aromatic N) is 3. The average Bonchev–Trinajstić information content (AvgIpc) is 3.11. The first-order valence-electron chi connectivity index (χ1n) is 8.76. The van der Waals surface area contributed by atoms with Gasteiger partial charge in [-0.3, -0.25) is 0 Å². The molecule has 0 aliphatic carbocycles. The second kappa shape index (κ2) is 6.00. The Bertz CT molecular complexity index is 1120. The zero-order chi connectivity index (χ0) is 17.5. The second-order valence-corrected chi connectivity index (χ2v) is 6.51. The van der Waals surface area contributed by atoms with Gasteiger partial charge in [-0.15, -0.1) is 0 Å². The van der Waals surface area contributed by atoms with Crippen LogP contribution in [-0.2, 0) is 0 Å². The van der Waals surface area contributed by atoms with Gasteiger partial charge in [0.1, 0.15) is 11.3 Å². The molecule has 1 fully saturated rings. The van der Waals surface area contributed by atoms with Crippen molar-refractivity contribution in [1.29, 1.82) is 0 Å². The van der Waals surface area contributed by atoms with Gasteiger partial charge in [-0.2, -0.15) is 5.10 Å². The molecule has 0 radical (unpaired) electrons. The van der Waals surface area contributed by atoms with E-state index in [0.29, 0.717) is 16.8 Å². The first-order valence-corrected chi connectivity index (χ1v) is 8.76. The van der Waals surface area contributed by atoms with Crippen LogP contribution < -0.4 is 15.8 Å². The molecule has 1 saturated heterocycles. The molecule has 5 rings (SSSR count). The zero-order valence-corrected chi connectivity index (χ0v) is 14.2. The molecule has 3 aromatic heterocycles. The first-order chi connectivity index (χ1) is 12.8. The van der Waals surface area contributed by atoms with Gasteiger partial charge in [-0.05, 0) is 36.4 Å². The smallest absolute Gasteiger partial charge is 0.345 e. The van der Waals surface area contributed by atoms with Gasteiger partial charge < -0.3 is 14.6 Å². The van der Waals surface area contributed by atoms with Gasteiger partial charge in [0.15, 0.2) is 0 Å². The highest BCUT2D eigenvalue weighted by molar-refractivity contribution is 5.84. The fraction of sp³-hybridized carbons (Fsp3) is 0.200. The minimum absolute atomic E-state index is 0.363. The molecule has 0 unspecified atom stereocenters. The minimum Gasteiger partial charge on any atom is -0.422 e. The highest BCUT2D eigenvalue weighted by Gasteiger charge is 2.14. The van der Waals surface area contributed by atoms with Crippen molar-refractivity contribution in [2.45, 2.75) is 0 Å². The Morgan fingerprint density at radius 3 is 2.77 bits per heavy atom. The number of hydrogen-bond donors (Lipinski definition) is 1. The molecule has 26 heavy (non-hydrogen) atoms. The van der Waals surface area contributed by atoms with Crippen LogP contribution in [0.3, 0.4) is 0 Å². The fourth-order valence-corrected chi connectivity index (χ4v) is 3.47. The van der Waals surface area contributed by atoms with Crippen LogP contribution in [0.4, 0.5) is 5.69 Å². The summed E-state index contributed by atoms with van der Waals surface area (Å²) in [5, 5.41) is 8.73. The van der Waals surface area contributed by atoms with Crippen LogP contribution >= 0.6 is 0 Å². The highest BCUT2D eigenvalue weighted by atomic mass is 16.4. The Morgan fingerprint density at radius 1 is 1.04 bits per heavy atom. The van der Waals surface area contributed by atoms with E-state index < -0.39 is 0 Å². The van der Waals surface area contributed by atoms with Crippen molar-refractivity contribution in [2.75, 3.05) is 31.1 Å². The van der Waals surface area contributed by atoms with Gasteiger partial charge in [0, 0.05) is 49.5 Å². The number of anilines is 1. The topological polar surface area (TPSA) is 62.8 Å². The van der Waals surface area contributed by atoms with E-state index in [0.717, 1.165) is 42.8 Å². The third-order valence-electron chi connectivity index (χ3n) is 4.85. The van der Waals surface area contributed by atoms with Gasteiger partial charge in [-0.25, -0.2) is 9.31 Å². The number of pyridine rings is 1. The van der Waals surface area contributed by atoms with E-state index in [9.17, 15) is 4.79 Å².